The van der Waals surface area contributed by atoms with E-state index in [9.17, 15) is 19.2 Å². The van der Waals surface area contributed by atoms with Crippen molar-refractivity contribution in [1.29, 1.82) is 0 Å². The van der Waals surface area contributed by atoms with E-state index < -0.39 is 23.3 Å². The molecule has 8 nitrogen and oxygen atoms in total. The Morgan fingerprint density at radius 3 is 2.43 bits per heavy atom. The van der Waals surface area contributed by atoms with Crippen LogP contribution >= 0.6 is 0 Å². The SMILES string of the molecule is NC(=O)[C@]1(NC(=O)[C@@H](CC(=O)N2CCOCC2)CC2CCCCC2)CC1C=O. The minimum absolute atomic E-state index is 0.0601. The summed E-state index contributed by atoms with van der Waals surface area (Å²) in [7, 11) is 0. The van der Waals surface area contributed by atoms with Crippen molar-refractivity contribution in [3.8, 4) is 0 Å². The monoisotopic (exact) mass is 393 g/mol. The van der Waals surface area contributed by atoms with Gasteiger partial charge in [0.2, 0.25) is 17.7 Å². The third-order valence-corrected chi connectivity index (χ3v) is 6.46. The second kappa shape index (κ2) is 9.03. The first-order valence-electron chi connectivity index (χ1n) is 10.4. The van der Waals surface area contributed by atoms with E-state index in [2.05, 4.69) is 5.32 Å². The maximum Gasteiger partial charge on any atom is 0.243 e. The minimum Gasteiger partial charge on any atom is -0.378 e. The van der Waals surface area contributed by atoms with Gasteiger partial charge in [0.1, 0.15) is 11.8 Å². The number of nitrogens with one attached hydrogen (secondary N) is 1. The molecule has 156 valence electrons. The molecule has 8 heteroatoms. The number of nitrogens with zero attached hydrogens (tertiary/aromatic N) is 1. The maximum absolute atomic E-state index is 13.0. The van der Waals surface area contributed by atoms with Gasteiger partial charge in [0.05, 0.1) is 13.2 Å². The van der Waals surface area contributed by atoms with E-state index in [1.165, 1.54) is 6.42 Å². The molecule has 2 saturated carbocycles. The van der Waals surface area contributed by atoms with Crippen LogP contribution in [-0.4, -0.2) is 60.7 Å². The highest BCUT2D eigenvalue weighted by atomic mass is 16.5. The average molecular weight is 393 g/mol. The highest BCUT2D eigenvalue weighted by molar-refractivity contribution is 5.98. The standard InChI is InChI=1S/C20H31N3O5/c21-19(27)20(12-16(20)13-24)22-18(26)15(10-14-4-2-1-3-5-14)11-17(25)23-6-8-28-9-7-23/h13-16H,1-12H2,(H2,21,27)(H,22,26)/t15-,16?,20+/m1/s1. The van der Waals surface area contributed by atoms with Gasteiger partial charge in [0.25, 0.3) is 0 Å². The zero-order valence-corrected chi connectivity index (χ0v) is 16.4. The molecule has 0 aromatic rings. The molecule has 1 unspecified atom stereocenters. The Bertz CT molecular complexity index is 613. The summed E-state index contributed by atoms with van der Waals surface area (Å²) in [5.41, 5.74) is 4.18. The fraction of sp³-hybridized carbons (Fsp3) is 0.800. The molecular weight excluding hydrogens is 362 g/mol. The van der Waals surface area contributed by atoms with Crippen LogP contribution in [0.15, 0.2) is 0 Å². The van der Waals surface area contributed by atoms with E-state index in [-0.39, 0.29) is 24.7 Å². The number of carbonyl (C=O) groups is 4. The van der Waals surface area contributed by atoms with Crippen LogP contribution in [0.3, 0.4) is 0 Å². The molecule has 0 spiro atoms. The van der Waals surface area contributed by atoms with Gasteiger partial charge >= 0.3 is 0 Å². The zero-order chi connectivity index (χ0) is 20.1. The van der Waals surface area contributed by atoms with Crippen LogP contribution in [0.25, 0.3) is 0 Å². The van der Waals surface area contributed by atoms with E-state index in [4.69, 9.17) is 10.5 Å². The van der Waals surface area contributed by atoms with Gasteiger partial charge in [-0.25, -0.2) is 0 Å². The summed E-state index contributed by atoms with van der Waals surface area (Å²) in [6, 6.07) is 0. The van der Waals surface area contributed by atoms with Crippen LogP contribution in [0.2, 0.25) is 0 Å². The molecule has 1 heterocycles. The van der Waals surface area contributed by atoms with Crippen molar-refractivity contribution in [3.63, 3.8) is 0 Å². The van der Waals surface area contributed by atoms with Gasteiger partial charge in [-0.3, -0.25) is 14.4 Å². The normalized spacial score (nSPS) is 29.0. The molecule has 0 radical (unpaired) electrons. The molecule has 1 aliphatic heterocycles. The number of rotatable bonds is 8. The Labute approximate surface area is 165 Å². The smallest absolute Gasteiger partial charge is 0.243 e. The molecule has 0 aromatic carbocycles. The van der Waals surface area contributed by atoms with E-state index >= 15 is 0 Å². The zero-order valence-electron chi connectivity index (χ0n) is 16.4. The minimum atomic E-state index is -1.27. The number of aldehydes is 1. The molecule has 3 aliphatic rings. The van der Waals surface area contributed by atoms with Gasteiger partial charge < -0.3 is 25.5 Å². The second-order valence-corrected chi connectivity index (χ2v) is 8.41. The van der Waals surface area contributed by atoms with Crippen molar-refractivity contribution in [1.82, 2.24) is 10.2 Å². The van der Waals surface area contributed by atoms with Crippen LogP contribution in [0.4, 0.5) is 0 Å². The highest BCUT2D eigenvalue weighted by Gasteiger charge is 2.60. The molecule has 3 fully saturated rings. The molecule has 28 heavy (non-hydrogen) atoms. The fourth-order valence-corrected chi connectivity index (χ4v) is 4.52. The van der Waals surface area contributed by atoms with Gasteiger partial charge in [0.15, 0.2) is 0 Å². The lowest BCUT2D eigenvalue weighted by Crippen LogP contribution is -2.51. The van der Waals surface area contributed by atoms with Crippen molar-refractivity contribution < 1.29 is 23.9 Å². The number of carbonyl (C=O) groups excluding carboxylic acids is 4. The molecule has 0 bridgehead atoms. The van der Waals surface area contributed by atoms with Gasteiger partial charge in [-0.1, -0.05) is 32.1 Å². The van der Waals surface area contributed by atoms with E-state index in [0.717, 1.165) is 25.7 Å². The van der Waals surface area contributed by atoms with E-state index in [1.54, 1.807) is 4.90 Å². The van der Waals surface area contributed by atoms with Crippen molar-refractivity contribution in [2.24, 2.45) is 23.5 Å². The number of morpholine rings is 1. The highest BCUT2D eigenvalue weighted by Crippen LogP contribution is 2.42. The first-order valence-corrected chi connectivity index (χ1v) is 10.4. The quantitative estimate of drug-likeness (QED) is 0.578. The molecule has 2 aliphatic carbocycles. The molecule has 3 amide bonds. The molecule has 3 N–H and O–H groups in total. The van der Waals surface area contributed by atoms with Gasteiger partial charge in [-0.15, -0.1) is 0 Å². The Kier molecular flexibility index (Phi) is 6.69. The predicted octanol–water partition coefficient (Wildman–Crippen LogP) is 0.381. The summed E-state index contributed by atoms with van der Waals surface area (Å²) >= 11 is 0. The van der Waals surface area contributed by atoms with Crippen LogP contribution in [0.1, 0.15) is 51.4 Å². The second-order valence-electron chi connectivity index (χ2n) is 8.41. The Morgan fingerprint density at radius 2 is 1.86 bits per heavy atom. The number of hydrogen-bond donors (Lipinski definition) is 2. The van der Waals surface area contributed by atoms with Crippen LogP contribution in [-0.2, 0) is 23.9 Å². The number of primary amides is 1. The van der Waals surface area contributed by atoms with Crippen molar-refractivity contribution in [2.75, 3.05) is 26.3 Å². The summed E-state index contributed by atoms with van der Waals surface area (Å²) < 4.78 is 5.29. The van der Waals surface area contributed by atoms with E-state index in [0.29, 0.717) is 44.9 Å². The van der Waals surface area contributed by atoms with Crippen LogP contribution in [0, 0.1) is 17.8 Å². The number of nitrogens with two attached hydrogens (primary N) is 1. The third-order valence-electron chi connectivity index (χ3n) is 6.46. The first kappa shape index (κ1) is 20.8. The number of ether oxygens (including phenoxy) is 1. The summed E-state index contributed by atoms with van der Waals surface area (Å²) in [6.45, 7) is 2.10. The van der Waals surface area contributed by atoms with Crippen LogP contribution < -0.4 is 11.1 Å². The molecule has 0 aromatic heterocycles. The third kappa shape index (κ3) is 4.71. The average Bonchev–Trinajstić information content (AvgIpc) is 3.43. The lowest BCUT2D eigenvalue weighted by atomic mass is 9.81. The van der Waals surface area contributed by atoms with Crippen molar-refractivity contribution in [2.45, 2.75) is 56.9 Å². The van der Waals surface area contributed by atoms with Gasteiger partial charge in [-0.05, 0) is 18.8 Å². The maximum atomic E-state index is 13.0. The summed E-state index contributed by atoms with van der Waals surface area (Å²) in [6.07, 6.45) is 7.28. The lowest BCUT2D eigenvalue weighted by molar-refractivity contribution is -0.140. The largest absolute Gasteiger partial charge is 0.378 e. The molecule has 3 atom stereocenters. The molecule has 1 saturated heterocycles. The summed E-state index contributed by atoms with van der Waals surface area (Å²) in [5, 5.41) is 2.73. The van der Waals surface area contributed by atoms with Crippen molar-refractivity contribution in [3.05, 3.63) is 0 Å². The Hall–Kier alpha value is -1.96. The number of hydrogen-bond acceptors (Lipinski definition) is 5. The molecular formula is C20H31N3O5. The fourth-order valence-electron chi connectivity index (χ4n) is 4.52. The summed E-state index contributed by atoms with van der Waals surface area (Å²) in [4.78, 5) is 50.4. The van der Waals surface area contributed by atoms with Crippen molar-refractivity contribution >= 4 is 24.0 Å². The van der Waals surface area contributed by atoms with E-state index in [1.807, 2.05) is 0 Å². The Balaban J connectivity index is 1.67. The van der Waals surface area contributed by atoms with Gasteiger partial charge in [0, 0.05) is 31.3 Å². The lowest BCUT2D eigenvalue weighted by Gasteiger charge is -2.30. The molecule has 3 rings (SSSR count). The summed E-state index contributed by atoms with van der Waals surface area (Å²) in [5.74, 6) is -1.76. The first-order chi connectivity index (χ1) is 13.5. The predicted molar refractivity (Wildman–Crippen MR) is 101 cm³/mol. The topological polar surface area (TPSA) is 119 Å². The van der Waals surface area contributed by atoms with Gasteiger partial charge in [-0.2, -0.15) is 0 Å². The van der Waals surface area contributed by atoms with Crippen LogP contribution in [0.5, 0.6) is 0 Å². The number of amides is 3. The Morgan fingerprint density at radius 1 is 1.18 bits per heavy atom.